The molecule has 43 heavy (non-hydrogen) atoms. The predicted octanol–water partition coefficient (Wildman–Crippen LogP) is 4.79. The van der Waals surface area contributed by atoms with Crippen molar-refractivity contribution in [1.29, 1.82) is 5.41 Å². The third-order valence-electron chi connectivity index (χ3n) is 6.59. The molecule has 12 nitrogen and oxygen atoms in total. The first kappa shape index (κ1) is 32.8. The van der Waals surface area contributed by atoms with Crippen molar-refractivity contribution in [3.63, 3.8) is 0 Å². The first-order chi connectivity index (χ1) is 20.3. The van der Waals surface area contributed by atoms with Gasteiger partial charge in [-0.2, -0.15) is 0 Å². The highest BCUT2D eigenvalue weighted by Crippen LogP contribution is 2.29. The Morgan fingerprint density at radius 1 is 1.26 bits per heavy atom. The quantitative estimate of drug-likeness (QED) is 0.151. The van der Waals surface area contributed by atoms with E-state index in [1.165, 1.54) is 0 Å². The van der Waals surface area contributed by atoms with E-state index in [1.807, 2.05) is 19.1 Å². The standard InChI is InChI=1S/C31H41N8O4/c1-19-12-14-35-28-21(7-5-6-15-43-16-13-25(41)37-19)18-36-29(34)26(28)27(33)20-8-10-22(11-9-20)38-30(42)39-24(32)17-23(40)31(2,3)4/h5,7-11,17-19H,6,12-16H2,1-4H3,(H8-,32,33,34,35,36,37,38,39,40,41,42)/q-1/b7-5+/t19-/m1/s1. The van der Waals surface area contributed by atoms with Gasteiger partial charge < -0.3 is 42.3 Å². The maximum Gasteiger partial charge on any atom is 0.241 e. The van der Waals surface area contributed by atoms with E-state index < -0.39 is 17.3 Å². The molecular weight excluding hydrogens is 548 g/mol. The molecule has 0 radical (unpaired) electrons. The Kier molecular flexibility index (Phi) is 11.4. The predicted molar refractivity (Wildman–Crippen MR) is 172 cm³/mol. The Hall–Kier alpha value is -4.71. The number of aliphatic hydroxyl groups excluding tert-OH is 1. The summed E-state index contributed by atoms with van der Waals surface area (Å²) in [5.74, 6) is -0.463. The molecule has 0 saturated heterocycles. The Morgan fingerprint density at radius 2 is 1.98 bits per heavy atom. The van der Waals surface area contributed by atoms with Gasteiger partial charge in [0.25, 0.3) is 0 Å². The van der Waals surface area contributed by atoms with Crippen molar-refractivity contribution in [3.8, 4) is 0 Å². The number of ether oxygens (including phenoxy) is 1. The lowest BCUT2D eigenvalue weighted by atomic mass is 9.93. The van der Waals surface area contributed by atoms with Crippen LogP contribution in [0.5, 0.6) is 0 Å². The summed E-state index contributed by atoms with van der Waals surface area (Å²) in [6.45, 7) is 8.58. The molecule has 0 aliphatic carbocycles. The first-order valence-electron chi connectivity index (χ1n) is 14.2. The van der Waals surface area contributed by atoms with E-state index in [1.54, 1.807) is 51.2 Å². The number of amides is 3. The van der Waals surface area contributed by atoms with Crippen LogP contribution >= 0.6 is 0 Å². The number of hydrogen-bond donors (Lipinski definition) is 7. The number of carbonyl (C=O) groups is 2. The number of hydrogen-bond acceptors (Lipinski definition) is 8. The lowest BCUT2D eigenvalue weighted by molar-refractivity contribution is -0.122. The number of urea groups is 1. The minimum Gasteiger partial charge on any atom is -0.512 e. The number of pyridine rings is 1. The Balaban J connectivity index is 1.79. The van der Waals surface area contributed by atoms with Crippen molar-refractivity contribution in [2.45, 2.75) is 53.0 Å². The summed E-state index contributed by atoms with van der Waals surface area (Å²) in [5, 5.41) is 40.2. The molecular formula is C31H41N8O4-. The molecule has 0 fully saturated rings. The van der Waals surface area contributed by atoms with Gasteiger partial charge in [-0.1, -0.05) is 50.9 Å². The number of rotatable bonds is 4. The Morgan fingerprint density at radius 3 is 2.67 bits per heavy atom. The average Bonchev–Trinajstić information content (AvgIpc) is 2.93. The number of nitrogens with two attached hydrogens (primary N) is 1. The lowest BCUT2D eigenvalue weighted by Crippen LogP contribution is -2.34. The van der Waals surface area contributed by atoms with Crippen molar-refractivity contribution in [3.05, 3.63) is 70.5 Å². The molecule has 0 saturated carbocycles. The molecule has 2 heterocycles. The normalized spacial score (nSPS) is 17.6. The zero-order valence-corrected chi connectivity index (χ0v) is 25.1. The zero-order valence-electron chi connectivity index (χ0n) is 25.1. The number of benzene rings is 1. The molecule has 12 heteroatoms. The number of amidine groups is 1. The number of nitrogen functional groups attached to an aromatic ring is 1. The summed E-state index contributed by atoms with van der Waals surface area (Å²) in [7, 11) is 0. The highest BCUT2D eigenvalue weighted by Gasteiger charge is 2.19. The monoisotopic (exact) mass is 589 g/mol. The number of carbonyl (C=O) groups excluding carboxylic acids is 2. The van der Waals surface area contributed by atoms with E-state index in [0.29, 0.717) is 61.5 Å². The van der Waals surface area contributed by atoms with Crippen molar-refractivity contribution in [1.82, 2.24) is 15.6 Å². The fourth-order valence-electron chi connectivity index (χ4n) is 4.10. The van der Waals surface area contributed by atoms with Crippen LogP contribution in [0.3, 0.4) is 0 Å². The molecule has 0 bridgehead atoms. The number of fused-ring (bicyclic) bond motifs is 1. The summed E-state index contributed by atoms with van der Waals surface area (Å²) in [6.07, 6.45) is 8.20. The van der Waals surface area contributed by atoms with Crippen molar-refractivity contribution in [2.75, 3.05) is 36.1 Å². The molecule has 1 aromatic carbocycles. The van der Waals surface area contributed by atoms with Crippen molar-refractivity contribution < 1.29 is 19.4 Å². The van der Waals surface area contributed by atoms with E-state index in [4.69, 9.17) is 15.9 Å². The smallest absolute Gasteiger partial charge is 0.241 e. The second-order valence-electron chi connectivity index (χ2n) is 11.3. The Bertz CT molecular complexity index is 1390. The summed E-state index contributed by atoms with van der Waals surface area (Å²) in [5.41, 5.74) is 8.66. The third-order valence-corrected chi connectivity index (χ3v) is 6.59. The summed E-state index contributed by atoms with van der Waals surface area (Å²) < 4.78 is 5.57. The second kappa shape index (κ2) is 15.0. The lowest BCUT2D eigenvalue weighted by Gasteiger charge is -2.20. The fourth-order valence-corrected chi connectivity index (χ4v) is 4.10. The van der Waals surface area contributed by atoms with Crippen LogP contribution in [0.25, 0.3) is 11.5 Å². The van der Waals surface area contributed by atoms with Gasteiger partial charge in [0.2, 0.25) is 11.9 Å². The molecule has 230 valence electrons. The van der Waals surface area contributed by atoms with Gasteiger partial charge >= 0.3 is 0 Å². The number of anilines is 3. The minimum absolute atomic E-state index is 0.0590. The number of aliphatic hydroxyl groups is 1. The molecule has 2 aromatic rings. The molecule has 3 amide bonds. The molecule has 0 spiro atoms. The minimum atomic E-state index is -0.705. The van der Waals surface area contributed by atoms with E-state index in [0.717, 1.165) is 11.6 Å². The highest BCUT2D eigenvalue weighted by atomic mass is 16.5. The van der Waals surface area contributed by atoms with Crippen LogP contribution in [0.2, 0.25) is 0 Å². The van der Waals surface area contributed by atoms with Crippen LogP contribution in [0.4, 0.5) is 22.0 Å². The largest absolute Gasteiger partial charge is 0.512 e. The third kappa shape index (κ3) is 9.96. The summed E-state index contributed by atoms with van der Waals surface area (Å²) >= 11 is 0. The average molecular weight is 590 g/mol. The Labute approximate surface area is 252 Å². The van der Waals surface area contributed by atoms with Gasteiger partial charge in [-0.25, -0.2) is 4.98 Å². The topological polar surface area (TPSA) is 197 Å². The number of aromatic nitrogens is 1. The molecule has 3 rings (SSSR count). The van der Waals surface area contributed by atoms with E-state index in [-0.39, 0.29) is 29.2 Å². The maximum atomic E-state index is 12.3. The summed E-state index contributed by atoms with van der Waals surface area (Å²) in [6, 6.07) is 5.81. The molecule has 1 aromatic heterocycles. The van der Waals surface area contributed by atoms with Gasteiger partial charge in [0, 0.05) is 47.4 Å². The zero-order chi connectivity index (χ0) is 31.6. The van der Waals surface area contributed by atoms with Gasteiger partial charge in [-0.3, -0.25) is 15.0 Å². The molecule has 8 N–H and O–H groups in total. The van der Waals surface area contributed by atoms with Crippen LogP contribution in [0.1, 0.15) is 63.6 Å². The van der Waals surface area contributed by atoms with E-state index in [9.17, 15) is 20.1 Å². The van der Waals surface area contributed by atoms with Crippen molar-refractivity contribution >= 4 is 46.8 Å². The van der Waals surface area contributed by atoms with E-state index in [2.05, 4.69) is 26.3 Å². The SMILES string of the molecule is C[C@@H]1CCNc2c(cnc(N)c2C(=N)c2ccc(NC(=O)NC(=[N-])/C=C(\O)C(C)(C)C)cc2)/C=C/CCOCCC(=O)N1. The van der Waals surface area contributed by atoms with Gasteiger partial charge in [0.05, 0.1) is 35.9 Å². The maximum absolute atomic E-state index is 12.3. The fraction of sp³-hybridized carbons (Fsp3) is 0.387. The van der Waals surface area contributed by atoms with Gasteiger partial charge in [-0.05, 0) is 38.0 Å². The van der Waals surface area contributed by atoms with Gasteiger partial charge in [0.15, 0.2) is 0 Å². The van der Waals surface area contributed by atoms with Crippen molar-refractivity contribution in [2.24, 2.45) is 5.41 Å². The van der Waals surface area contributed by atoms with Crippen LogP contribution in [0, 0.1) is 10.8 Å². The van der Waals surface area contributed by atoms with Crippen LogP contribution in [-0.2, 0) is 9.53 Å². The number of nitrogens with one attached hydrogen (secondary N) is 5. The highest BCUT2D eigenvalue weighted by molar-refractivity contribution is 6.17. The number of allylic oxidation sites excluding steroid dienone is 1. The number of nitrogens with zero attached hydrogens (tertiary/aromatic N) is 2. The molecule has 1 aliphatic heterocycles. The van der Waals surface area contributed by atoms with Gasteiger partial charge in [-0.15, -0.1) is 0 Å². The van der Waals surface area contributed by atoms with Crippen LogP contribution in [-0.4, -0.2) is 59.4 Å². The van der Waals surface area contributed by atoms with Crippen LogP contribution < -0.4 is 27.0 Å². The second-order valence-corrected chi connectivity index (χ2v) is 11.3. The molecule has 0 unspecified atom stereocenters. The molecule has 1 aliphatic rings. The van der Waals surface area contributed by atoms with Crippen LogP contribution in [0.15, 0.2) is 48.4 Å². The summed E-state index contributed by atoms with van der Waals surface area (Å²) in [4.78, 5) is 28.8. The molecule has 1 atom stereocenters. The first-order valence-corrected chi connectivity index (χ1v) is 14.2. The van der Waals surface area contributed by atoms with Gasteiger partial charge in [0.1, 0.15) is 5.82 Å². The van der Waals surface area contributed by atoms with E-state index >= 15 is 0 Å².